The summed E-state index contributed by atoms with van der Waals surface area (Å²) >= 11 is 0. The van der Waals surface area contributed by atoms with E-state index in [2.05, 4.69) is 63.1 Å². The van der Waals surface area contributed by atoms with Crippen molar-refractivity contribution in [3.05, 3.63) is 59.3 Å². The van der Waals surface area contributed by atoms with E-state index in [0.29, 0.717) is 5.69 Å². The van der Waals surface area contributed by atoms with Crippen LogP contribution in [0, 0.1) is 18.3 Å². The largest absolute Gasteiger partial charge is 0.354 e. The SMILES string of the molecule is Cc1ccc(N2CCN(CCN(C)Cc3ccccc3)CC2)nc1C#N. The molecule has 1 aliphatic rings. The molecule has 1 aromatic carbocycles. The molecule has 3 rings (SSSR count). The first kappa shape index (κ1) is 18.4. The summed E-state index contributed by atoms with van der Waals surface area (Å²) in [6.07, 6.45) is 0. The van der Waals surface area contributed by atoms with Crippen LogP contribution >= 0.6 is 0 Å². The zero-order valence-corrected chi connectivity index (χ0v) is 15.7. The molecule has 1 saturated heterocycles. The summed E-state index contributed by atoms with van der Waals surface area (Å²) < 4.78 is 0. The van der Waals surface area contributed by atoms with Crippen molar-refractivity contribution in [2.24, 2.45) is 0 Å². The fourth-order valence-electron chi connectivity index (χ4n) is 3.29. The number of piperazine rings is 1. The smallest absolute Gasteiger partial charge is 0.145 e. The first-order valence-electron chi connectivity index (χ1n) is 9.23. The zero-order valence-electron chi connectivity index (χ0n) is 15.7. The van der Waals surface area contributed by atoms with Crippen molar-refractivity contribution < 1.29 is 0 Å². The summed E-state index contributed by atoms with van der Waals surface area (Å²) in [7, 11) is 2.18. The number of aromatic nitrogens is 1. The first-order valence-corrected chi connectivity index (χ1v) is 9.23. The van der Waals surface area contributed by atoms with E-state index in [9.17, 15) is 0 Å². The van der Waals surface area contributed by atoms with E-state index in [1.165, 1.54) is 5.56 Å². The molecule has 1 fully saturated rings. The second kappa shape index (κ2) is 8.79. The maximum atomic E-state index is 9.17. The molecule has 0 bridgehead atoms. The minimum absolute atomic E-state index is 0.535. The predicted molar refractivity (Wildman–Crippen MR) is 105 cm³/mol. The van der Waals surface area contributed by atoms with Crippen molar-refractivity contribution in [1.82, 2.24) is 14.8 Å². The van der Waals surface area contributed by atoms with Crippen LogP contribution < -0.4 is 4.90 Å². The quantitative estimate of drug-likeness (QED) is 0.802. The number of nitriles is 1. The molecule has 0 spiro atoms. The first-order chi connectivity index (χ1) is 12.7. The molecular weight excluding hydrogens is 322 g/mol. The second-order valence-corrected chi connectivity index (χ2v) is 7.00. The van der Waals surface area contributed by atoms with Crippen molar-refractivity contribution >= 4 is 5.82 Å². The van der Waals surface area contributed by atoms with E-state index in [4.69, 9.17) is 5.26 Å². The number of aryl methyl sites for hydroxylation is 1. The van der Waals surface area contributed by atoms with Crippen LogP contribution in [0.1, 0.15) is 16.8 Å². The van der Waals surface area contributed by atoms with Crippen molar-refractivity contribution in [2.45, 2.75) is 13.5 Å². The van der Waals surface area contributed by atoms with Crippen molar-refractivity contribution in [3.8, 4) is 6.07 Å². The molecule has 2 aromatic rings. The van der Waals surface area contributed by atoms with Crippen molar-refractivity contribution in [1.29, 1.82) is 5.26 Å². The molecule has 26 heavy (non-hydrogen) atoms. The molecule has 5 nitrogen and oxygen atoms in total. The van der Waals surface area contributed by atoms with E-state index < -0.39 is 0 Å². The molecule has 1 aromatic heterocycles. The van der Waals surface area contributed by atoms with E-state index in [-0.39, 0.29) is 0 Å². The van der Waals surface area contributed by atoms with Gasteiger partial charge in [-0.05, 0) is 31.2 Å². The highest BCUT2D eigenvalue weighted by molar-refractivity contribution is 5.45. The molecule has 0 saturated carbocycles. The maximum absolute atomic E-state index is 9.17. The number of anilines is 1. The lowest BCUT2D eigenvalue weighted by Crippen LogP contribution is -2.48. The van der Waals surface area contributed by atoms with Crippen LogP contribution in [0.5, 0.6) is 0 Å². The lowest BCUT2D eigenvalue weighted by molar-refractivity contribution is 0.212. The molecule has 0 N–H and O–H groups in total. The number of nitrogens with zero attached hydrogens (tertiary/aromatic N) is 5. The Hall–Kier alpha value is -2.42. The molecule has 0 aliphatic carbocycles. The maximum Gasteiger partial charge on any atom is 0.145 e. The molecule has 0 amide bonds. The van der Waals surface area contributed by atoms with E-state index in [0.717, 1.165) is 57.2 Å². The molecule has 0 unspecified atom stereocenters. The highest BCUT2D eigenvalue weighted by Gasteiger charge is 2.18. The predicted octanol–water partition coefficient (Wildman–Crippen LogP) is 2.52. The number of rotatable bonds is 6. The van der Waals surface area contributed by atoms with Gasteiger partial charge in [0.05, 0.1) is 0 Å². The molecule has 5 heteroatoms. The van der Waals surface area contributed by atoms with Crippen LogP contribution in [0.15, 0.2) is 42.5 Å². The fourth-order valence-corrected chi connectivity index (χ4v) is 3.29. The third-order valence-corrected chi connectivity index (χ3v) is 4.98. The molecule has 1 aliphatic heterocycles. The van der Waals surface area contributed by atoms with Gasteiger partial charge in [0.15, 0.2) is 0 Å². The van der Waals surface area contributed by atoms with Crippen LogP contribution in [-0.2, 0) is 6.54 Å². The average molecular weight is 349 g/mol. The van der Waals surface area contributed by atoms with Gasteiger partial charge in [-0.1, -0.05) is 36.4 Å². The van der Waals surface area contributed by atoms with Crippen LogP contribution in [-0.4, -0.2) is 61.1 Å². The fraction of sp³-hybridized carbons (Fsp3) is 0.429. The summed E-state index contributed by atoms with van der Waals surface area (Å²) in [4.78, 5) is 11.7. The van der Waals surface area contributed by atoms with Crippen LogP contribution in [0.2, 0.25) is 0 Å². The van der Waals surface area contributed by atoms with Gasteiger partial charge in [-0.25, -0.2) is 4.98 Å². The number of benzene rings is 1. The van der Waals surface area contributed by atoms with Gasteiger partial charge in [-0.2, -0.15) is 5.26 Å². The van der Waals surface area contributed by atoms with Crippen LogP contribution in [0.25, 0.3) is 0 Å². The van der Waals surface area contributed by atoms with Gasteiger partial charge in [0.25, 0.3) is 0 Å². The number of likely N-dealkylation sites (N-methyl/N-ethyl adjacent to an activating group) is 1. The summed E-state index contributed by atoms with van der Waals surface area (Å²) in [5.74, 6) is 0.924. The Balaban J connectivity index is 1.44. The minimum Gasteiger partial charge on any atom is -0.354 e. The Morgan fingerprint density at radius 1 is 1.08 bits per heavy atom. The van der Waals surface area contributed by atoms with E-state index >= 15 is 0 Å². The lowest BCUT2D eigenvalue weighted by atomic mass is 10.2. The normalized spacial score (nSPS) is 15.2. The average Bonchev–Trinajstić information content (AvgIpc) is 2.68. The topological polar surface area (TPSA) is 46.4 Å². The summed E-state index contributed by atoms with van der Waals surface area (Å²) in [5, 5.41) is 9.17. The van der Waals surface area contributed by atoms with Gasteiger partial charge < -0.3 is 9.80 Å². The zero-order chi connectivity index (χ0) is 18.4. The molecule has 136 valence electrons. The Kier molecular flexibility index (Phi) is 6.21. The summed E-state index contributed by atoms with van der Waals surface area (Å²) in [6, 6.07) is 16.8. The Bertz CT molecular complexity index is 745. The summed E-state index contributed by atoms with van der Waals surface area (Å²) in [6.45, 7) is 9.07. The minimum atomic E-state index is 0.535. The molecule has 0 radical (unpaired) electrons. The third kappa shape index (κ3) is 4.81. The van der Waals surface area contributed by atoms with E-state index in [1.54, 1.807) is 0 Å². The molecular formula is C21H27N5. The Morgan fingerprint density at radius 2 is 1.81 bits per heavy atom. The highest BCUT2D eigenvalue weighted by Crippen LogP contribution is 2.16. The lowest BCUT2D eigenvalue weighted by Gasteiger charge is -2.36. The van der Waals surface area contributed by atoms with Crippen molar-refractivity contribution in [2.75, 3.05) is 51.2 Å². The molecule has 0 atom stereocenters. The molecule has 2 heterocycles. The van der Waals surface area contributed by atoms with Gasteiger partial charge in [0.1, 0.15) is 17.6 Å². The second-order valence-electron chi connectivity index (χ2n) is 7.00. The standard InChI is InChI=1S/C21H27N5/c1-18-8-9-21(23-20(18)16-22)26-14-12-25(13-15-26)11-10-24(2)17-19-6-4-3-5-7-19/h3-9H,10-15,17H2,1-2H3. The number of hydrogen-bond acceptors (Lipinski definition) is 5. The van der Waals surface area contributed by atoms with Gasteiger partial charge in [0.2, 0.25) is 0 Å². The Morgan fingerprint density at radius 3 is 2.50 bits per heavy atom. The number of pyridine rings is 1. The van der Waals surface area contributed by atoms with Gasteiger partial charge in [-0.3, -0.25) is 4.90 Å². The van der Waals surface area contributed by atoms with Crippen LogP contribution in [0.4, 0.5) is 5.82 Å². The van der Waals surface area contributed by atoms with Crippen LogP contribution in [0.3, 0.4) is 0 Å². The van der Waals surface area contributed by atoms with Gasteiger partial charge >= 0.3 is 0 Å². The third-order valence-electron chi connectivity index (χ3n) is 4.98. The van der Waals surface area contributed by atoms with Crippen molar-refractivity contribution in [3.63, 3.8) is 0 Å². The van der Waals surface area contributed by atoms with Gasteiger partial charge in [0, 0.05) is 45.8 Å². The monoisotopic (exact) mass is 349 g/mol. The number of hydrogen-bond donors (Lipinski definition) is 0. The summed E-state index contributed by atoms with van der Waals surface area (Å²) in [5.41, 5.74) is 2.84. The highest BCUT2D eigenvalue weighted by atomic mass is 15.3. The Labute approximate surface area is 156 Å². The van der Waals surface area contributed by atoms with Gasteiger partial charge in [-0.15, -0.1) is 0 Å². The van der Waals surface area contributed by atoms with E-state index in [1.807, 2.05) is 19.1 Å².